The molecule has 0 unspecified atom stereocenters. The Bertz CT molecular complexity index is 1190. The zero-order valence-electron chi connectivity index (χ0n) is 16.0. The third-order valence-corrected chi connectivity index (χ3v) is 4.83. The number of rotatable bonds is 5. The van der Waals surface area contributed by atoms with Gasteiger partial charge in [-0.05, 0) is 30.3 Å². The maximum Gasteiger partial charge on any atom is 0.338 e. The van der Waals surface area contributed by atoms with E-state index in [4.69, 9.17) is 19.3 Å². The number of nitrogens with zero attached hydrogens (tertiary/aromatic N) is 2. The summed E-state index contributed by atoms with van der Waals surface area (Å²) < 4.78 is 18.0. The number of carbonyl (C=O) groups excluding carboxylic acids is 1. The molecule has 0 atom stereocenters. The Morgan fingerprint density at radius 3 is 2.47 bits per heavy atom. The molecule has 30 heavy (non-hydrogen) atoms. The number of carbonyl (C=O) groups is 1. The molecule has 0 bridgehead atoms. The molecule has 6 heteroatoms. The van der Waals surface area contributed by atoms with Crippen LogP contribution in [0.3, 0.4) is 0 Å². The van der Waals surface area contributed by atoms with Crippen LogP contribution < -0.4 is 9.47 Å². The van der Waals surface area contributed by atoms with E-state index >= 15 is 0 Å². The summed E-state index contributed by atoms with van der Waals surface area (Å²) in [5.41, 5.74) is 3.90. The number of aromatic nitrogens is 2. The highest BCUT2D eigenvalue weighted by Gasteiger charge is 2.18. The molecule has 6 nitrogen and oxygen atoms in total. The normalized spacial score (nSPS) is 12.0. The fourth-order valence-electron chi connectivity index (χ4n) is 3.32. The molecule has 4 aromatic rings. The minimum absolute atomic E-state index is 0.102. The van der Waals surface area contributed by atoms with E-state index in [1.54, 1.807) is 22.9 Å². The summed E-state index contributed by atoms with van der Waals surface area (Å²) >= 11 is 0. The van der Waals surface area contributed by atoms with Crippen LogP contribution in [0.15, 0.2) is 85.1 Å². The molecule has 1 aliphatic heterocycles. The zero-order valence-corrected chi connectivity index (χ0v) is 16.0. The highest BCUT2D eigenvalue weighted by atomic mass is 16.7. The van der Waals surface area contributed by atoms with Crippen molar-refractivity contribution < 1.29 is 19.0 Å². The van der Waals surface area contributed by atoms with Crippen LogP contribution in [-0.2, 0) is 11.3 Å². The molecular weight excluding hydrogens is 380 g/mol. The number of para-hydroxylation sites is 1. The van der Waals surface area contributed by atoms with Crippen molar-refractivity contribution in [2.45, 2.75) is 6.61 Å². The number of hydrogen-bond donors (Lipinski definition) is 0. The second-order valence-corrected chi connectivity index (χ2v) is 6.79. The summed E-state index contributed by atoms with van der Waals surface area (Å²) in [5, 5.41) is 4.74. The topological polar surface area (TPSA) is 62.6 Å². The van der Waals surface area contributed by atoms with Gasteiger partial charge >= 0.3 is 5.97 Å². The molecule has 3 aromatic carbocycles. The lowest BCUT2D eigenvalue weighted by Crippen LogP contribution is -2.05. The molecule has 0 N–H and O–H groups in total. The van der Waals surface area contributed by atoms with E-state index in [0.29, 0.717) is 17.1 Å². The van der Waals surface area contributed by atoms with Gasteiger partial charge < -0.3 is 14.2 Å². The molecule has 0 saturated heterocycles. The van der Waals surface area contributed by atoms with Crippen molar-refractivity contribution in [1.29, 1.82) is 0 Å². The lowest BCUT2D eigenvalue weighted by molar-refractivity contribution is 0.0473. The van der Waals surface area contributed by atoms with Crippen LogP contribution in [0, 0.1) is 0 Å². The van der Waals surface area contributed by atoms with Gasteiger partial charge in [0, 0.05) is 17.3 Å². The van der Waals surface area contributed by atoms with Gasteiger partial charge in [0.25, 0.3) is 0 Å². The first kappa shape index (κ1) is 18.0. The Kier molecular flexibility index (Phi) is 4.65. The minimum Gasteiger partial charge on any atom is -0.457 e. The molecule has 148 valence electrons. The summed E-state index contributed by atoms with van der Waals surface area (Å²) in [7, 11) is 0. The van der Waals surface area contributed by atoms with Gasteiger partial charge in [-0.3, -0.25) is 0 Å². The van der Waals surface area contributed by atoms with E-state index in [-0.39, 0.29) is 13.4 Å². The number of fused-ring (bicyclic) bond motifs is 1. The standard InChI is InChI=1S/C24H18N2O4/c27-24(18-11-12-21-22(13-18)30-16-29-21)28-15-19-14-26(20-9-5-2-6-10-20)25-23(19)17-7-3-1-4-8-17/h1-14H,15-16H2. The second-order valence-electron chi connectivity index (χ2n) is 6.79. The van der Waals surface area contributed by atoms with Gasteiger partial charge in [-0.15, -0.1) is 0 Å². The number of benzene rings is 3. The van der Waals surface area contributed by atoms with Crippen molar-refractivity contribution in [3.05, 3.63) is 96.2 Å². The van der Waals surface area contributed by atoms with Gasteiger partial charge in [0.15, 0.2) is 11.5 Å². The third kappa shape index (κ3) is 3.51. The summed E-state index contributed by atoms with van der Waals surface area (Å²) in [4.78, 5) is 12.6. The van der Waals surface area contributed by atoms with Crippen LogP contribution in [0.4, 0.5) is 0 Å². The van der Waals surface area contributed by atoms with Crippen LogP contribution in [0.1, 0.15) is 15.9 Å². The predicted molar refractivity (Wildman–Crippen MR) is 111 cm³/mol. The molecule has 0 fully saturated rings. The Balaban J connectivity index is 1.42. The maximum atomic E-state index is 12.6. The van der Waals surface area contributed by atoms with Crippen LogP contribution in [0.2, 0.25) is 0 Å². The predicted octanol–water partition coefficient (Wildman–Crippen LogP) is 4.63. The van der Waals surface area contributed by atoms with Crippen LogP contribution in [0.5, 0.6) is 11.5 Å². The first-order valence-electron chi connectivity index (χ1n) is 9.54. The first-order chi connectivity index (χ1) is 14.8. The smallest absolute Gasteiger partial charge is 0.338 e. The van der Waals surface area contributed by atoms with Gasteiger partial charge in [-0.1, -0.05) is 48.5 Å². The average molecular weight is 398 g/mol. The quantitative estimate of drug-likeness (QED) is 0.459. The lowest BCUT2D eigenvalue weighted by atomic mass is 10.1. The molecule has 1 aromatic heterocycles. The molecule has 0 aliphatic carbocycles. The van der Waals surface area contributed by atoms with Crippen LogP contribution >= 0.6 is 0 Å². The van der Waals surface area contributed by atoms with Crippen LogP contribution in [-0.4, -0.2) is 22.5 Å². The fourth-order valence-corrected chi connectivity index (χ4v) is 3.32. The van der Waals surface area contributed by atoms with E-state index in [2.05, 4.69) is 0 Å². The van der Waals surface area contributed by atoms with Gasteiger partial charge in [-0.2, -0.15) is 5.10 Å². The number of esters is 1. The third-order valence-electron chi connectivity index (χ3n) is 4.83. The summed E-state index contributed by atoms with van der Waals surface area (Å²) in [5.74, 6) is 0.744. The molecule has 0 radical (unpaired) electrons. The van der Waals surface area contributed by atoms with Gasteiger partial charge in [-0.25, -0.2) is 9.48 Å². The van der Waals surface area contributed by atoms with Crippen LogP contribution in [0.25, 0.3) is 16.9 Å². The van der Waals surface area contributed by atoms with Crippen molar-refractivity contribution in [2.75, 3.05) is 6.79 Å². The Morgan fingerprint density at radius 1 is 0.933 bits per heavy atom. The SMILES string of the molecule is O=C(OCc1cn(-c2ccccc2)nc1-c1ccccc1)c1ccc2c(c1)OCO2. The largest absolute Gasteiger partial charge is 0.457 e. The van der Waals surface area contributed by atoms with Gasteiger partial charge in [0.2, 0.25) is 6.79 Å². The molecule has 2 heterocycles. The maximum absolute atomic E-state index is 12.6. The second kappa shape index (κ2) is 7.75. The highest BCUT2D eigenvalue weighted by Crippen LogP contribution is 2.33. The molecular formula is C24H18N2O4. The van der Waals surface area contributed by atoms with E-state index in [1.807, 2.05) is 66.9 Å². The van der Waals surface area contributed by atoms with E-state index < -0.39 is 5.97 Å². The molecule has 5 rings (SSSR count). The Morgan fingerprint density at radius 2 is 1.67 bits per heavy atom. The summed E-state index contributed by atoms with van der Waals surface area (Å²) in [6.45, 7) is 0.261. The summed E-state index contributed by atoms with van der Waals surface area (Å²) in [6, 6.07) is 24.7. The number of ether oxygens (including phenoxy) is 3. The van der Waals surface area contributed by atoms with E-state index in [0.717, 1.165) is 22.5 Å². The van der Waals surface area contributed by atoms with E-state index in [9.17, 15) is 4.79 Å². The van der Waals surface area contributed by atoms with Crippen molar-refractivity contribution in [3.8, 4) is 28.4 Å². The Hall–Kier alpha value is -4.06. The van der Waals surface area contributed by atoms with E-state index in [1.165, 1.54) is 0 Å². The summed E-state index contributed by atoms with van der Waals surface area (Å²) in [6.07, 6.45) is 1.89. The van der Waals surface area contributed by atoms with Crippen molar-refractivity contribution in [3.63, 3.8) is 0 Å². The molecule has 0 spiro atoms. The van der Waals surface area contributed by atoms with Crippen molar-refractivity contribution in [2.24, 2.45) is 0 Å². The average Bonchev–Trinajstić information content (AvgIpc) is 3.45. The Labute approximate surface area is 173 Å². The molecule has 0 saturated carbocycles. The molecule has 0 amide bonds. The van der Waals surface area contributed by atoms with Crippen molar-refractivity contribution in [1.82, 2.24) is 9.78 Å². The lowest BCUT2D eigenvalue weighted by Gasteiger charge is -2.06. The monoisotopic (exact) mass is 398 g/mol. The highest BCUT2D eigenvalue weighted by molar-refractivity contribution is 5.90. The van der Waals surface area contributed by atoms with Crippen molar-refractivity contribution >= 4 is 5.97 Å². The van der Waals surface area contributed by atoms with Gasteiger partial charge in [0.1, 0.15) is 6.61 Å². The first-order valence-corrected chi connectivity index (χ1v) is 9.54. The minimum atomic E-state index is -0.431. The number of hydrogen-bond acceptors (Lipinski definition) is 5. The van der Waals surface area contributed by atoms with Gasteiger partial charge in [0.05, 0.1) is 16.9 Å². The fraction of sp³-hybridized carbons (Fsp3) is 0.0833. The molecule has 1 aliphatic rings. The zero-order chi connectivity index (χ0) is 20.3.